The number of hydrogen-bond donors (Lipinski definition) is 0. The number of methoxy groups -OCH3 is 2. The van der Waals surface area contributed by atoms with Gasteiger partial charge in [0.2, 0.25) is 0 Å². The molecular weight excluding hydrogens is 452 g/mol. The molecule has 156 valence electrons. The number of hydrogen-bond acceptors (Lipinski definition) is 6. The summed E-state index contributed by atoms with van der Waals surface area (Å²) >= 11 is 3.37. The molecule has 3 aromatic rings. The zero-order valence-corrected chi connectivity index (χ0v) is 18.2. The lowest BCUT2D eigenvalue weighted by molar-refractivity contribution is 0.0549. The van der Waals surface area contributed by atoms with E-state index in [0.717, 1.165) is 11.8 Å². The molecule has 1 heterocycles. The van der Waals surface area contributed by atoms with Gasteiger partial charge in [0.15, 0.2) is 5.69 Å². The zero-order valence-electron chi connectivity index (χ0n) is 16.6. The summed E-state index contributed by atoms with van der Waals surface area (Å²) in [5.74, 6) is -0.737. The molecule has 0 saturated heterocycles. The standard InChI is InChI=1S/C22H21BrN2O5/c1-28-21(26)18-19(15-8-6-11-17(14-15)30-13-7-12-23)24-25(20(18)22(27)29-2)16-9-4-3-5-10-16/h3-6,8-11,14H,7,12-13H2,1-2H3. The lowest BCUT2D eigenvalue weighted by Gasteiger charge is -2.07. The number of ether oxygens (including phenoxy) is 3. The van der Waals surface area contributed by atoms with Gasteiger partial charge in [0, 0.05) is 10.9 Å². The molecule has 30 heavy (non-hydrogen) atoms. The summed E-state index contributed by atoms with van der Waals surface area (Å²) in [7, 11) is 2.51. The van der Waals surface area contributed by atoms with E-state index in [2.05, 4.69) is 21.0 Å². The first kappa shape index (κ1) is 21.6. The van der Waals surface area contributed by atoms with E-state index in [9.17, 15) is 9.59 Å². The van der Waals surface area contributed by atoms with Crippen molar-refractivity contribution in [3.05, 3.63) is 65.9 Å². The van der Waals surface area contributed by atoms with Gasteiger partial charge >= 0.3 is 11.9 Å². The Morgan fingerprint density at radius 1 is 1.00 bits per heavy atom. The van der Waals surface area contributed by atoms with Crippen molar-refractivity contribution in [3.63, 3.8) is 0 Å². The zero-order chi connectivity index (χ0) is 21.5. The molecule has 0 N–H and O–H groups in total. The predicted molar refractivity (Wildman–Crippen MR) is 116 cm³/mol. The van der Waals surface area contributed by atoms with Gasteiger partial charge in [-0.2, -0.15) is 5.10 Å². The van der Waals surface area contributed by atoms with Crippen molar-refractivity contribution in [1.82, 2.24) is 9.78 Å². The third-order valence-corrected chi connectivity index (χ3v) is 4.87. The second kappa shape index (κ2) is 10.1. The maximum absolute atomic E-state index is 12.7. The van der Waals surface area contributed by atoms with Crippen LogP contribution in [0.3, 0.4) is 0 Å². The van der Waals surface area contributed by atoms with Crippen molar-refractivity contribution in [1.29, 1.82) is 0 Å². The third-order valence-electron chi connectivity index (χ3n) is 4.31. The Morgan fingerprint density at radius 2 is 1.73 bits per heavy atom. The minimum absolute atomic E-state index is 0.00356. The molecule has 0 atom stereocenters. The van der Waals surface area contributed by atoms with Gasteiger partial charge in [0.1, 0.15) is 17.0 Å². The Balaban J connectivity index is 2.19. The fourth-order valence-corrected chi connectivity index (χ4v) is 3.16. The van der Waals surface area contributed by atoms with Gasteiger partial charge in [-0.05, 0) is 30.7 Å². The average Bonchev–Trinajstić information content (AvgIpc) is 3.20. The molecule has 0 aliphatic heterocycles. The normalized spacial score (nSPS) is 10.5. The van der Waals surface area contributed by atoms with E-state index in [0.29, 0.717) is 29.3 Å². The Hall–Kier alpha value is -3.13. The Labute approximate surface area is 182 Å². The second-order valence-corrected chi connectivity index (χ2v) is 7.01. The molecule has 0 aliphatic rings. The molecule has 0 radical (unpaired) electrons. The van der Waals surface area contributed by atoms with Crippen molar-refractivity contribution >= 4 is 27.9 Å². The highest BCUT2D eigenvalue weighted by molar-refractivity contribution is 9.09. The second-order valence-electron chi connectivity index (χ2n) is 6.22. The van der Waals surface area contributed by atoms with Crippen LogP contribution in [0.25, 0.3) is 16.9 Å². The van der Waals surface area contributed by atoms with Crippen LogP contribution in [0.4, 0.5) is 0 Å². The Bertz CT molecular complexity index is 1030. The number of rotatable bonds is 8. The van der Waals surface area contributed by atoms with E-state index in [-0.39, 0.29) is 11.3 Å². The molecule has 1 aromatic heterocycles. The summed E-state index contributed by atoms with van der Waals surface area (Å²) in [4.78, 5) is 25.3. The molecule has 8 heteroatoms. The number of benzene rings is 2. The van der Waals surface area contributed by atoms with Crippen molar-refractivity contribution < 1.29 is 23.8 Å². The summed E-state index contributed by atoms with van der Waals surface area (Å²) in [6, 6.07) is 16.2. The molecule has 0 spiro atoms. The van der Waals surface area contributed by atoms with Gasteiger partial charge in [0.05, 0.1) is 26.5 Å². The van der Waals surface area contributed by atoms with Crippen LogP contribution < -0.4 is 4.74 Å². The molecule has 0 bridgehead atoms. The van der Waals surface area contributed by atoms with Crippen LogP contribution in [-0.4, -0.2) is 47.9 Å². The Kier molecular flexibility index (Phi) is 7.24. The lowest BCUT2D eigenvalue weighted by atomic mass is 10.1. The molecule has 0 fully saturated rings. The fourth-order valence-electron chi connectivity index (χ4n) is 2.93. The van der Waals surface area contributed by atoms with Crippen LogP contribution in [0.15, 0.2) is 54.6 Å². The van der Waals surface area contributed by atoms with Crippen molar-refractivity contribution in [2.45, 2.75) is 6.42 Å². The molecule has 3 rings (SSSR count). The number of alkyl halides is 1. The highest BCUT2D eigenvalue weighted by Crippen LogP contribution is 2.31. The Morgan fingerprint density at radius 3 is 2.40 bits per heavy atom. The van der Waals surface area contributed by atoms with Gasteiger partial charge in [-0.1, -0.05) is 46.3 Å². The molecule has 0 aliphatic carbocycles. The van der Waals surface area contributed by atoms with E-state index >= 15 is 0 Å². The molecule has 2 aromatic carbocycles. The SMILES string of the molecule is COC(=O)c1c(-c2cccc(OCCCBr)c2)nn(-c2ccccc2)c1C(=O)OC. The van der Waals surface area contributed by atoms with Gasteiger partial charge in [-0.3, -0.25) is 0 Å². The van der Waals surface area contributed by atoms with E-state index in [1.54, 1.807) is 30.3 Å². The molecular formula is C22H21BrN2O5. The molecule has 0 saturated carbocycles. The highest BCUT2D eigenvalue weighted by atomic mass is 79.9. The van der Waals surface area contributed by atoms with Gasteiger partial charge in [-0.25, -0.2) is 14.3 Å². The quantitative estimate of drug-likeness (QED) is 0.276. The number of para-hydroxylation sites is 1. The number of carbonyl (C=O) groups excluding carboxylic acids is 2. The van der Waals surface area contributed by atoms with E-state index < -0.39 is 11.9 Å². The van der Waals surface area contributed by atoms with Crippen LogP contribution in [0.1, 0.15) is 27.3 Å². The lowest BCUT2D eigenvalue weighted by Crippen LogP contribution is -2.15. The van der Waals surface area contributed by atoms with Crippen molar-refractivity contribution in [3.8, 4) is 22.7 Å². The predicted octanol–water partition coefficient (Wildman–Crippen LogP) is 4.28. The number of esters is 2. The summed E-state index contributed by atoms with van der Waals surface area (Å²) in [5, 5.41) is 5.41. The fraction of sp³-hybridized carbons (Fsp3) is 0.227. The van der Waals surface area contributed by atoms with Crippen molar-refractivity contribution in [2.75, 3.05) is 26.2 Å². The van der Waals surface area contributed by atoms with Crippen LogP contribution in [0, 0.1) is 0 Å². The van der Waals surface area contributed by atoms with Crippen molar-refractivity contribution in [2.24, 2.45) is 0 Å². The topological polar surface area (TPSA) is 79.7 Å². The maximum Gasteiger partial charge on any atom is 0.357 e. The monoisotopic (exact) mass is 472 g/mol. The minimum Gasteiger partial charge on any atom is -0.494 e. The molecule has 0 amide bonds. The summed E-state index contributed by atoms with van der Waals surface area (Å²) in [6.07, 6.45) is 0.854. The van der Waals surface area contributed by atoms with Crippen LogP contribution in [-0.2, 0) is 9.47 Å². The average molecular weight is 473 g/mol. The van der Waals surface area contributed by atoms with E-state index in [1.165, 1.54) is 18.9 Å². The van der Waals surface area contributed by atoms with Gasteiger partial charge in [0.25, 0.3) is 0 Å². The summed E-state index contributed by atoms with van der Waals surface area (Å²) in [5.41, 5.74) is 1.56. The van der Waals surface area contributed by atoms with Gasteiger partial charge in [-0.15, -0.1) is 0 Å². The van der Waals surface area contributed by atoms with E-state index in [4.69, 9.17) is 14.2 Å². The number of halogens is 1. The molecule has 0 unspecified atom stereocenters. The largest absolute Gasteiger partial charge is 0.494 e. The first-order valence-corrected chi connectivity index (χ1v) is 10.4. The third kappa shape index (κ3) is 4.54. The summed E-state index contributed by atoms with van der Waals surface area (Å²) < 4.78 is 17.0. The molecule has 7 nitrogen and oxygen atoms in total. The van der Waals surface area contributed by atoms with Crippen LogP contribution in [0.5, 0.6) is 5.75 Å². The van der Waals surface area contributed by atoms with Crippen LogP contribution in [0.2, 0.25) is 0 Å². The first-order chi connectivity index (χ1) is 14.6. The number of aromatic nitrogens is 2. The number of carbonyl (C=O) groups is 2. The van der Waals surface area contributed by atoms with E-state index in [1.807, 2.05) is 24.3 Å². The number of nitrogens with zero attached hydrogens (tertiary/aromatic N) is 2. The minimum atomic E-state index is -0.692. The smallest absolute Gasteiger partial charge is 0.357 e. The highest BCUT2D eigenvalue weighted by Gasteiger charge is 2.31. The summed E-state index contributed by atoms with van der Waals surface area (Å²) in [6.45, 7) is 0.546. The van der Waals surface area contributed by atoms with Gasteiger partial charge < -0.3 is 14.2 Å². The first-order valence-electron chi connectivity index (χ1n) is 9.25. The van der Waals surface area contributed by atoms with Crippen LogP contribution >= 0.6 is 15.9 Å². The maximum atomic E-state index is 12.7.